The largest absolute Gasteiger partial charge is 0.347 e. The van der Waals surface area contributed by atoms with Gasteiger partial charge in [0, 0.05) is 20.1 Å². The molecular formula is C15H21ClFN3O2. The smallest absolute Gasteiger partial charge is 0.244 e. The molecule has 0 aliphatic rings. The van der Waals surface area contributed by atoms with Crippen LogP contribution in [0.4, 0.5) is 4.39 Å². The van der Waals surface area contributed by atoms with Gasteiger partial charge in [0.2, 0.25) is 11.8 Å². The molecule has 0 bridgehead atoms. The van der Waals surface area contributed by atoms with Crippen LogP contribution in [0.1, 0.15) is 25.5 Å². The van der Waals surface area contributed by atoms with E-state index in [1.165, 1.54) is 17.0 Å². The Kier molecular flexibility index (Phi) is 6.77. The predicted molar refractivity (Wildman–Crippen MR) is 84.1 cm³/mol. The van der Waals surface area contributed by atoms with Gasteiger partial charge in [0.25, 0.3) is 0 Å². The zero-order chi connectivity index (χ0) is 16.9. The van der Waals surface area contributed by atoms with E-state index in [-0.39, 0.29) is 29.4 Å². The first-order valence-electron chi connectivity index (χ1n) is 6.91. The van der Waals surface area contributed by atoms with Crippen molar-refractivity contribution in [1.29, 1.82) is 0 Å². The van der Waals surface area contributed by atoms with Crippen LogP contribution in [-0.2, 0) is 9.59 Å². The van der Waals surface area contributed by atoms with Gasteiger partial charge in [-0.3, -0.25) is 9.59 Å². The van der Waals surface area contributed by atoms with Crippen molar-refractivity contribution in [3.8, 4) is 0 Å². The third-order valence-electron chi connectivity index (χ3n) is 3.20. The summed E-state index contributed by atoms with van der Waals surface area (Å²) in [6.07, 6.45) is 0. The molecule has 0 radical (unpaired) electrons. The average Bonchev–Trinajstić information content (AvgIpc) is 2.46. The van der Waals surface area contributed by atoms with Crippen molar-refractivity contribution in [2.45, 2.75) is 25.9 Å². The van der Waals surface area contributed by atoms with E-state index in [1.54, 1.807) is 27.1 Å². The van der Waals surface area contributed by atoms with Crippen LogP contribution in [0.15, 0.2) is 18.2 Å². The second kappa shape index (κ2) is 8.10. The first-order valence-corrected chi connectivity index (χ1v) is 7.29. The van der Waals surface area contributed by atoms with Gasteiger partial charge >= 0.3 is 0 Å². The van der Waals surface area contributed by atoms with Gasteiger partial charge in [-0.15, -0.1) is 0 Å². The SMILES string of the molecule is C[C@H](NC(=O)CN[C@@H](C)c1ccc(F)c(Cl)c1)C(=O)N(C)C. The fourth-order valence-electron chi connectivity index (χ4n) is 1.89. The van der Waals surface area contributed by atoms with Crippen LogP contribution in [0.5, 0.6) is 0 Å². The van der Waals surface area contributed by atoms with Gasteiger partial charge in [0.1, 0.15) is 11.9 Å². The molecule has 0 aliphatic heterocycles. The summed E-state index contributed by atoms with van der Waals surface area (Å²) >= 11 is 5.73. The number of nitrogens with one attached hydrogen (secondary N) is 2. The zero-order valence-electron chi connectivity index (χ0n) is 13.1. The molecule has 0 aromatic heterocycles. The molecule has 122 valence electrons. The second-order valence-corrected chi connectivity index (χ2v) is 5.71. The van der Waals surface area contributed by atoms with Crippen LogP contribution >= 0.6 is 11.6 Å². The van der Waals surface area contributed by atoms with Crippen molar-refractivity contribution in [1.82, 2.24) is 15.5 Å². The third-order valence-corrected chi connectivity index (χ3v) is 3.49. The number of hydrogen-bond acceptors (Lipinski definition) is 3. The highest BCUT2D eigenvalue weighted by molar-refractivity contribution is 6.30. The van der Waals surface area contributed by atoms with E-state index < -0.39 is 11.9 Å². The lowest BCUT2D eigenvalue weighted by Crippen LogP contribution is -2.47. The maximum atomic E-state index is 13.1. The molecule has 22 heavy (non-hydrogen) atoms. The molecule has 0 spiro atoms. The molecule has 0 saturated carbocycles. The number of halogens is 2. The van der Waals surface area contributed by atoms with Crippen LogP contribution in [0.3, 0.4) is 0 Å². The molecule has 1 aromatic carbocycles. The summed E-state index contributed by atoms with van der Waals surface area (Å²) in [4.78, 5) is 24.9. The zero-order valence-corrected chi connectivity index (χ0v) is 13.9. The standard InChI is InChI=1S/C15H21ClFN3O2/c1-9(11-5-6-13(17)12(16)7-11)18-8-14(21)19-10(2)15(22)20(3)4/h5-7,9-10,18H,8H2,1-4H3,(H,19,21)/t9-,10-/m0/s1. The van der Waals surface area contributed by atoms with Crippen LogP contribution in [0.25, 0.3) is 0 Å². The molecule has 0 saturated heterocycles. The van der Waals surface area contributed by atoms with Gasteiger partial charge in [0.05, 0.1) is 11.6 Å². The molecule has 5 nitrogen and oxygen atoms in total. The molecule has 1 rings (SSSR count). The number of rotatable bonds is 6. The predicted octanol–water partition coefficient (Wildman–Crippen LogP) is 1.72. The van der Waals surface area contributed by atoms with Crippen molar-refractivity contribution >= 4 is 23.4 Å². The van der Waals surface area contributed by atoms with Crippen molar-refractivity contribution in [3.63, 3.8) is 0 Å². The minimum atomic E-state index is -0.583. The molecule has 7 heteroatoms. The number of carbonyl (C=O) groups excluding carboxylic acids is 2. The normalized spacial score (nSPS) is 13.4. The van der Waals surface area contributed by atoms with E-state index in [4.69, 9.17) is 11.6 Å². The first-order chi connectivity index (χ1) is 10.2. The first kappa shape index (κ1) is 18.4. The Hall–Kier alpha value is -1.66. The van der Waals surface area contributed by atoms with Crippen molar-refractivity contribution in [2.75, 3.05) is 20.6 Å². The van der Waals surface area contributed by atoms with Gasteiger partial charge in [-0.1, -0.05) is 17.7 Å². The van der Waals surface area contributed by atoms with Gasteiger partial charge in [-0.2, -0.15) is 0 Å². The van der Waals surface area contributed by atoms with Crippen LogP contribution in [0, 0.1) is 5.82 Å². The van der Waals surface area contributed by atoms with Crippen LogP contribution < -0.4 is 10.6 Å². The quantitative estimate of drug-likeness (QED) is 0.835. The fourth-order valence-corrected chi connectivity index (χ4v) is 2.08. The molecule has 0 heterocycles. The van der Waals surface area contributed by atoms with Crippen molar-refractivity contribution < 1.29 is 14.0 Å². The van der Waals surface area contributed by atoms with E-state index in [0.717, 1.165) is 5.56 Å². The van der Waals surface area contributed by atoms with Gasteiger partial charge in [-0.05, 0) is 31.5 Å². The highest BCUT2D eigenvalue weighted by atomic mass is 35.5. The van der Waals surface area contributed by atoms with E-state index >= 15 is 0 Å². The lowest BCUT2D eigenvalue weighted by atomic mass is 10.1. The lowest BCUT2D eigenvalue weighted by Gasteiger charge is -2.19. The highest BCUT2D eigenvalue weighted by Crippen LogP contribution is 2.20. The van der Waals surface area contributed by atoms with Crippen LogP contribution in [0.2, 0.25) is 5.02 Å². The Bertz CT molecular complexity index is 552. The van der Waals surface area contributed by atoms with E-state index in [0.29, 0.717) is 0 Å². The fraction of sp³-hybridized carbons (Fsp3) is 0.467. The van der Waals surface area contributed by atoms with Crippen LogP contribution in [-0.4, -0.2) is 43.4 Å². The Balaban J connectivity index is 2.49. The third kappa shape index (κ3) is 5.27. The summed E-state index contributed by atoms with van der Waals surface area (Å²) in [5.74, 6) is -0.944. The molecule has 0 fully saturated rings. The number of carbonyl (C=O) groups is 2. The number of hydrogen-bond donors (Lipinski definition) is 2. The van der Waals surface area contributed by atoms with Gasteiger partial charge in [-0.25, -0.2) is 4.39 Å². The monoisotopic (exact) mass is 329 g/mol. The minimum absolute atomic E-state index is 0.0424. The Morgan fingerprint density at radius 3 is 2.50 bits per heavy atom. The number of likely N-dealkylation sites (N-methyl/N-ethyl adjacent to an activating group) is 1. The molecule has 0 unspecified atom stereocenters. The molecule has 2 amide bonds. The highest BCUT2D eigenvalue weighted by Gasteiger charge is 2.17. The van der Waals surface area contributed by atoms with Crippen molar-refractivity contribution in [2.24, 2.45) is 0 Å². The minimum Gasteiger partial charge on any atom is -0.347 e. The lowest BCUT2D eigenvalue weighted by molar-refractivity contribution is -0.133. The Morgan fingerprint density at radius 2 is 1.95 bits per heavy atom. The summed E-state index contributed by atoms with van der Waals surface area (Å²) < 4.78 is 13.1. The summed E-state index contributed by atoms with van der Waals surface area (Å²) in [5.41, 5.74) is 0.775. The maximum absolute atomic E-state index is 13.1. The van der Waals surface area contributed by atoms with Crippen molar-refractivity contribution in [3.05, 3.63) is 34.6 Å². The summed E-state index contributed by atoms with van der Waals surface area (Å²) in [5, 5.41) is 5.65. The molecule has 2 N–H and O–H groups in total. The van der Waals surface area contributed by atoms with E-state index in [2.05, 4.69) is 10.6 Å². The van der Waals surface area contributed by atoms with E-state index in [9.17, 15) is 14.0 Å². The second-order valence-electron chi connectivity index (χ2n) is 5.30. The Morgan fingerprint density at radius 1 is 1.32 bits per heavy atom. The molecule has 2 atom stereocenters. The number of nitrogens with zero attached hydrogens (tertiary/aromatic N) is 1. The molecular weight excluding hydrogens is 309 g/mol. The number of amides is 2. The Labute approximate surface area is 134 Å². The summed E-state index contributed by atoms with van der Waals surface area (Å²) in [6, 6.07) is 3.65. The van der Waals surface area contributed by atoms with Gasteiger partial charge in [0.15, 0.2) is 0 Å². The van der Waals surface area contributed by atoms with E-state index in [1.807, 2.05) is 6.92 Å². The molecule has 1 aromatic rings. The summed E-state index contributed by atoms with van der Waals surface area (Å²) in [7, 11) is 3.26. The molecule has 0 aliphatic carbocycles. The van der Waals surface area contributed by atoms with Gasteiger partial charge < -0.3 is 15.5 Å². The average molecular weight is 330 g/mol. The number of benzene rings is 1. The maximum Gasteiger partial charge on any atom is 0.244 e. The summed E-state index contributed by atoms with van der Waals surface area (Å²) in [6.45, 7) is 3.51. The topological polar surface area (TPSA) is 61.4 Å².